The van der Waals surface area contributed by atoms with Crippen LogP contribution in [0.1, 0.15) is 38.5 Å². The molecule has 3 fully saturated rings. The highest BCUT2D eigenvalue weighted by atomic mass is 35.5. The van der Waals surface area contributed by atoms with Crippen molar-refractivity contribution in [2.75, 3.05) is 51.7 Å². The monoisotopic (exact) mass is 478 g/mol. The van der Waals surface area contributed by atoms with Gasteiger partial charge in [-0.25, -0.2) is 4.79 Å². The van der Waals surface area contributed by atoms with Crippen LogP contribution in [0.15, 0.2) is 24.3 Å². The van der Waals surface area contributed by atoms with Crippen LogP contribution >= 0.6 is 11.6 Å². The normalized spacial score (nSPS) is 24.0. The summed E-state index contributed by atoms with van der Waals surface area (Å²) in [4.78, 5) is 31.0. The Hall–Kier alpha value is -1.87. The molecule has 1 saturated carbocycles. The number of methoxy groups -OCH3 is 1. The van der Waals surface area contributed by atoms with Gasteiger partial charge in [-0.2, -0.15) is 0 Å². The van der Waals surface area contributed by atoms with Crippen molar-refractivity contribution in [3.8, 4) is 0 Å². The van der Waals surface area contributed by atoms with Gasteiger partial charge >= 0.3 is 6.03 Å². The summed E-state index contributed by atoms with van der Waals surface area (Å²) in [5.41, 5.74) is 0.819. The van der Waals surface area contributed by atoms with Gasteiger partial charge in [-0.05, 0) is 55.7 Å². The summed E-state index contributed by atoms with van der Waals surface area (Å²) < 4.78 is 5.72. The lowest BCUT2D eigenvalue weighted by atomic mass is 9.90. The van der Waals surface area contributed by atoms with Gasteiger partial charge in [0.25, 0.3) is 0 Å². The van der Waals surface area contributed by atoms with Crippen LogP contribution in [0, 0.1) is 5.41 Å². The van der Waals surface area contributed by atoms with Gasteiger partial charge in [-0.15, -0.1) is 0 Å². The van der Waals surface area contributed by atoms with Gasteiger partial charge in [-0.1, -0.05) is 17.7 Å². The van der Waals surface area contributed by atoms with Crippen molar-refractivity contribution in [3.05, 3.63) is 29.3 Å². The molecule has 1 unspecified atom stereocenters. The number of halogens is 1. The maximum absolute atomic E-state index is 12.6. The molecule has 182 valence electrons. The number of carbonyl (C=O) groups excluding carboxylic acids is 2. The molecule has 8 nitrogen and oxygen atoms in total. The highest BCUT2D eigenvalue weighted by Gasteiger charge is 2.51. The average molecular weight is 479 g/mol. The quantitative estimate of drug-likeness (QED) is 0.629. The Balaban J connectivity index is 1.22. The molecule has 3 aliphatic rings. The fraction of sp³-hybridized carbons (Fsp3) is 0.667. The van der Waals surface area contributed by atoms with Gasteiger partial charge in [0.2, 0.25) is 5.91 Å². The van der Waals surface area contributed by atoms with E-state index in [9.17, 15) is 14.7 Å². The number of likely N-dealkylation sites (tertiary alicyclic amines) is 1. The number of carbonyl (C=O) groups is 2. The molecule has 9 heteroatoms. The van der Waals surface area contributed by atoms with Gasteiger partial charge in [0.05, 0.1) is 6.10 Å². The zero-order valence-electron chi connectivity index (χ0n) is 19.3. The van der Waals surface area contributed by atoms with Gasteiger partial charge in [0.15, 0.2) is 0 Å². The molecule has 1 aromatic carbocycles. The molecule has 2 saturated heterocycles. The molecule has 2 heterocycles. The first kappa shape index (κ1) is 24.3. The smallest absolute Gasteiger partial charge is 0.321 e. The summed E-state index contributed by atoms with van der Waals surface area (Å²) in [5, 5.41) is 13.9. The van der Waals surface area contributed by atoms with Gasteiger partial charge in [-0.3, -0.25) is 9.69 Å². The van der Waals surface area contributed by atoms with Crippen molar-refractivity contribution in [3.63, 3.8) is 0 Å². The first-order valence-electron chi connectivity index (χ1n) is 11.9. The van der Waals surface area contributed by atoms with Crippen LogP contribution in [0.2, 0.25) is 5.02 Å². The molecular weight excluding hydrogens is 444 g/mol. The largest absolute Gasteiger partial charge is 0.391 e. The molecule has 3 amide bonds. The predicted octanol–water partition coefficient (Wildman–Crippen LogP) is 3.01. The summed E-state index contributed by atoms with van der Waals surface area (Å²) in [6.07, 6.45) is 4.95. The Bertz CT molecular complexity index is 850. The van der Waals surface area contributed by atoms with Crippen LogP contribution in [-0.4, -0.2) is 90.5 Å². The standard InChI is InChI=1S/C24H35ClN4O4/c1-33-22(29-13-10-24(8-9-24)20(30)17-29)6-3-11-27-14-15-28(12-7-21(27)31)23(32)26-19-5-2-4-18(25)16-19/h2,4-5,16,20,22,30H,3,6-15,17H2,1H3,(H,26,32)/t20-,22?/m1/s1. The summed E-state index contributed by atoms with van der Waals surface area (Å²) in [6.45, 7) is 3.67. The number of β-amino-alcohol motifs (C(OH)–C–C–N with tert-alkyl or cyclic N) is 1. The number of urea groups is 1. The summed E-state index contributed by atoms with van der Waals surface area (Å²) in [7, 11) is 1.71. The van der Waals surface area contributed by atoms with E-state index in [4.69, 9.17) is 16.3 Å². The second-order valence-corrected chi connectivity index (χ2v) is 9.95. The van der Waals surface area contributed by atoms with E-state index in [0.29, 0.717) is 49.9 Å². The number of hydrogen-bond donors (Lipinski definition) is 2. The minimum Gasteiger partial charge on any atom is -0.391 e. The Kier molecular flexibility index (Phi) is 7.79. The number of ether oxygens (including phenoxy) is 1. The molecule has 0 radical (unpaired) electrons. The molecule has 1 spiro atoms. The molecule has 0 aromatic heterocycles. The number of benzene rings is 1. The third-order valence-corrected chi connectivity index (χ3v) is 7.65. The van der Waals surface area contributed by atoms with E-state index in [2.05, 4.69) is 10.2 Å². The lowest BCUT2D eigenvalue weighted by molar-refractivity contribution is -0.130. The minimum atomic E-state index is -0.264. The molecule has 1 aromatic rings. The summed E-state index contributed by atoms with van der Waals surface area (Å²) >= 11 is 5.99. The van der Waals surface area contributed by atoms with Crippen molar-refractivity contribution in [1.82, 2.24) is 14.7 Å². The highest BCUT2D eigenvalue weighted by Crippen LogP contribution is 2.53. The molecule has 33 heavy (non-hydrogen) atoms. The van der Waals surface area contributed by atoms with Crippen LogP contribution in [0.3, 0.4) is 0 Å². The fourth-order valence-electron chi connectivity index (χ4n) is 5.03. The van der Waals surface area contributed by atoms with E-state index < -0.39 is 0 Å². The van der Waals surface area contributed by atoms with E-state index >= 15 is 0 Å². The zero-order chi connectivity index (χ0) is 23.4. The molecule has 2 N–H and O–H groups in total. The Morgan fingerprint density at radius 1 is 1.27 bits per heavy atom. The number of nitrogens with zero attached hydrogens (tertiary/aromatic N) is 3. The third kappa shape index (κ3) is 5.98. The molecule has 2 atom stereocenters. The highest BCUT2D eigenvalue weighted by molar-refractivity contribution is 6.30. The van der Waals surface area contributed by atoms with Gasteiger partial charge in [0.1, 0.15) is 6.23 Å². The Morgan fingerprint density at radius 3 is 2.79 bits per heavy atom. The predicted molar refractivity (Wildman–Crippen MR) is 127 cm³/mol. The van der Waals surface area contributed by atoms with Crippen molar-refractivity contribution in [2.45, 2.75) is 50.9 Å². The SMILES string of the molecule is COC(CCCN1CCN(C(=O)Nc2cccc(Cl)c2)CCC1=O)N1CCC2(CC2)[C@H](O)C1. The lowest BCUT2D eigenvalue weighted by Gasteiger charge is -2.40. The number of anilines is 1. The summed E-state index contributed by atoms with van der Waals surface area (Å²) in [6, 6.07) is 6.81. The van der Waals surface area contributed by atoms with Crippen molar-refractivity contribution >= 4 is 29.2 Å². The molecule has 2 aliphatic heterocycles. The Morgan fingerprint density at radius 2 is 2.09 bits per heavy atom. The second kappa shape index (κ2) is 10.6. The number of nitrogens with one attached hydrogen (secondary N) is 1. The van der Waals surface area contributed by atoms with E-state index in [1.54, 1.807) is 36.3 Å². The maximum Gasteiger partial charge on any atom is 0.321 e. The maximum atomic E-state index is 12.6. The van der Waals surface area contributed by atoms with Crippen molar-refractivity contribution < 1.29 is 19.4 Å². The van der Waals surface area contributed by atoms with Gasteiger partial charge < -0.3 is 25.0 Å². The first-order valence-corrected chi connectivity index (χ1v) is 12.3. The number of aliphatic hydroxyl groups is 1. The van der Waals surface area contributed by atoms with E-state index in [1.807, 2.05) is 4.90 Å². The first-order chi connectivity index (χ1) is 15.9. The van der Waals surface area contributed by atoms with Crippen LogP contribution in [0.4, 0.5) is 10.5 Å². The van der Waals surface area contributed by atoms with Crippen molar-refractivity contribution in [2.24, 2.45) is 5.41 Å². The molecule has 4 rings (SSSR count). The van der Waals surface area contributed by atoms with Crippen LogP contribution in [0.5, 0.6) is 0 Å². The van der Waals surface area contributed by atoms with E-state index in [0.717, 1.165) is 38.6 Å². The van der Waals surface area contributed by atoms with Gasteiger partial charge in [0, 0.05) is 63.5 Å². The number of hydrogen-bond acceptors (Lipinski definition) is 5. The number of aliphatic hydroxyl groups excluding tert-OH is 1. The number of amides is 3. The third-order valence-electron chi connectivity index (χ3n) is 7.41. The minimum absolute atomic E-state index is 0.0437. The number of rotatable bonds is 7. The number of piperidine rings is 1. The Labute approximate surface area is 200 Å². The van der Waals surface area contributed by atoms with Crippen LogP contribution in [0.25, 0.3) is 0 Å². The molecule has 0 bridgehead atoms. The average Bonchev–Trinajstić information content (AvgIpc) is 3.59. The van der Waals surface area contributed by atoms with Crippen LogP contribution in [-0.2, 0) is 9.53 Å². The lowest BCUT2D eigenvalue weighted by Crippen LogP contribution is -2.50. The summed E-state index contributed by atoms with van der Waals surface area (Å²) in [5.74, 6) is 0.0751. The molecule has 1 aliphatic carbocycles. The second-order valence-electron chi connectivity index (χ2n) is 9.51. The zero-order valence-corrected chi connectivity index (χ0v) is 20.1. The van der Waals surface area contributed by atoms with Crippen molar-refractivity contribution in [1.29, 1.82) is 0 Å². The van der Waals surface area contributed by atoms with E-state index in [-0.39, 0.29) is 29.7 Å². The topological polar surface area (TPSA) is 85.4 Å². The van der Waals surface area contributed by atoms with Crippen LogP contribution < -0.4 is 5.32 Å². The fourth-order valence-corrected chi connectivity index (χ4v) is 5.22. The molecular formula is C24H35ClN4O4. The van der Waals surface area contributed by atoms with E-state index in [1.165, 1.54) is 0 Å².